The highest BCUT2D eigenvalue weighted by Gasteiger charge is 2.53. The molecule has 0 N–H and O–H groups in total. The molecule has 4 heteroatoms. The van der Waals surface area contributed by atoms with Crippen molar-refractivity contribution in [3.63, 3.8) is 0 Å². The van der Waals surface area contributed by atoms with Crippen LogP contribution in [0.3, 0.4) is 0 Å². The number of anilines is 5. The van der Waals surface area contributed by atoms with Crippen LogP contribution in [0.2, 0.25) is 0 Å². The number of fused-ring (bicyclic) bond motifs is 18. The maximum absolute atomic E-state index is 6.57. The lowest BCUT2D eigenvalue weighted by molar-refractivity contribution is 0.457. The largest absolute Gasteiger partial charge is 0.455 e. The van der Waals surface area contributed by atoms with Crippen molar-refractivity contribution in [2.75, 3.05) is 9.80 Å². The third-order valence-corrected chi connectivity index (χ3v) is 25.1. The number of nitrogens with zero attached hydrogens (tertiary/aromatic N) is 3. The van der Waals surface area contributed by atoms with Crippen molar-refractivity contribution in [3.8, 4) is 39.1 Å². The molecule has 110 heavy (non-hydrogen) atoms. The summed E-state index contributed by atoms with van der Waals surface area (Å²) in [5, 5.41) is 12.2. The Labute approximate surface area is 640 Å². The van der Waals surface area contributed by atoms with Crippen molar-refractivity contribution in [2.45, 2.75) is 49.9 Å². The minimum Gasteiger partial charge on any atom is -0.455 e. The predicted molar refractivity (Wildman–Crippen MR) is 461 cm³/mol. The van der Waals surface area contributed by atoms with Gasteiger partial charge in [-0.25, -0.2) is 0 Å². The second-order valence-electron chi connectivity index (χ2n) is 31.2. The summed E-state index contributed by atoms with van der Waals surface area (Å²) in [7, 11) is 0. The number of rotatable bonds is 12. The van der Waals surface area contributed by atoms with E-state index >= 15 is 0 Å². The Morgan fingerprint density at radius 1 is 0.373 bits per heavy atom. The standard InChI is InChI=1S/C106H77N3O/c1-105(2)97-33-14-8-25-87(97)90-64-61-81(67-100(90)105)108(78-56-58-79(59-57-78)109-101-36-17-11-28-91(101)92-29-12-18-37-102(92)109)80-60-63-86-95-65-72(45-62-85(95)83-23-6-7-24-84(83)96(86)66-80)70-39-46-73(47-40-70)106(98-34-15-9-26-88(98)89-27-10-16-35-99(89)106)74-48-54-77(55-49-74)107(75-50-41-69(42-51-75)68-21-4-3-5-22-68)76-52-43-71(44-53-76)82-31-20-32-94-93-30-13-19-38-103(93)110-104(82)94/h4,6-41,43-67,69,88,98H,3,5,42H2,1-2H3. The molecule has 4 unspecified atom stereocenters. The smallest absolute Gasteiger partial charge is 0.143 e. The number of benzene rings is 15. The Morgan fingerprint density at radius 2 is 0.927 bits per heavy atom. The number of allylic oxidation sites excluding steroid dienone is 11. The van der Waals surface area contributed by atoms with Gasteiger partial charge in [-0.2, -0.15) is 0 Å². The monoisotopic (exact) mass is 1410 g/mol. The topological polar surface area (TPSA) is 24.6 Å². The molecule has 4 atom stereocenters. The van der Waals surface area contributed by atoms with Crippen LogP contribution in [0.25, 0.3) is 115 Å². The zero-order valence-corrected chi connectivity index (χ0v) is 61.4. The van der Waals surface area contributed by atoms with Gasteiger partial charge in [-0.15, -0.1) is 0 Å². The van der Waals surface area contributed by atoms with E-state index in [1.165, 1.54) is 121 Å². The number of aromatic nitrogens is 1. The molecule has 2 heterocycles. The summed E-state index contributed by atoms with van der Waals surface area (Å²) in [5.74, 6) is 0.705. The lowest BCUT2D eigenvalue weighted by Gasteiger charge is -2.39. The van der Waals surface area contributed by atoms with Gasteiger partial charge in [-0.05, 0) is 221 Å². The van der Waals surface area contributed by atoms with E-state index in [9.17, 15) is 0 Å². The minimum atomic E-state index is -0.498. The van der Waals surface area contributed by atoms with Gasteiger partial charge in [0.25, 0.3) is 0 Å². The van der Waals surface area contributed by atoms with E-state index in [4.69, 9.17) is 4.42 Å². The van der Waals surface area contributed by atoms with E-state index in [2.05, 4.69) is 398 Å². The summed E-state index contributed by atoms with van der Waals surface area (Å²) in [6, 6.07) is 119. The second-order valence-corrected chi connectivity index (χ2v) is 31.2. The van der Waals surface area contributed by atoms with Gasteiger partial charge in [-0.1, -0.05) is 287 Å². The van der Waals surface area contributed by atoms with Crippen LogP contribution in [0.4, 0.5) is 28.4 Å². The molecule has 0 aliphatic heterocycles. The van der Waals surface area contributed by atoms with Gasteiger partial charge in [0, 0.05) is 90.1 Å². The van der Waals surface area contributed by atoms with Crippen LogP contribution >= 0.6 is 0 Å². The van der Waals surface area contributed by atoms with Gasteiger partial charge >= 0.3 is 0 Å². The summed E-state index contributed by atoms with van der Waals surface area (Å²) in [6.45, 7) is 4.76. The Hall–Kier alpha value is -13.3. The Kier molecular flexibility index (Phi) is 14.6. The molecule has 4 nitrogen and oxygen atoms in total. The van der Waals surface area contributed by atoms with E-state index in [1.807, 2.05) is 6.07 Å². The highest BCUT2D eigenvalue weighted by atomic mass is 16.3. The second kappa shape index (κ2) is 25.2. The van der Waals surface area contributed by atoms with Crippen LogP contribution in [0.5, 0.6) is 0 Å². The highest BCUT2D eigenvalue weighted by Crippen LogP contribution is 2.60. The maximum Gasteiger partial charge on any atom is 0.143 e. The summed E-state index contributed by atoms with van der Waals surface area (Å²) < 4.78 is 8.98. The first-order valence-electron chi connectivity index (χ1n) is 39.0. The third kappa shape index (κ3) is 9.84. The van der Waals surface area contributed by atoms with E-state index in [0.717, 1.165) is 86.5 Å². The van der Waals surface area contributed by atoms with Crippen molar-refractivity contribution in [1.29, 1.82) is 0 Å². The molecular weight excluding hydrogens is 1330 g/mol. The normalized spacial score (nSPS) is 18.0. The molecular formula is C106H77N3O. The average Bonchev–Trinajstić information content (AvgIpc) is 1.51. The van der Waals surface area contributed by atoms with Crippen LogP contribution in [0.15, 0.2) is 392 Å². The molecule has 17 aromatic rings. The molecule has 0 saturated carbocycles. The zero-order chi connectivity index (χ0) is 72.8. The molecule has 0 spiro atoms. The zero-order valence-electron chi connectivity index (χ0n) is 61.4. The number of hydrogen-bond donors (Lipinski definition) is 0. The van der Waals surface area contributed by atoms with Crippen LogP contribution in [-0.2, 0) is 10.8 Å². The average molecular weight is 1410 g/mol. The molecule has 5 aliphatic carbocycles. The first-order valence-corrected chi connectivity index (χ1v) is 39.0. The van der Waals surface area contributed by atoms with Gasteiger partial charge < -0.3 is 18.8 Å². The van der Waals surface area contributed by atoms with Gasteiger partial charge in [0.2, 0.25) is 0 Å². The van der Waals surface area contributed by atoms with Gasteiger partial charge in [-0.3, -0.25) is 0 Å². The van der Waals surface area contributed by atoms with Crippen LogP contribution in [0, 0.1) is 11.8 Å². The lowest BCUT2D eigenvalue weighted by atomic mass is 9.63. The number of furan rings is 1. The predicted octanol–water partition coefficient (Wildman–Crippen LogP) is 28.3. The SMILES string of the molecule is CC1(C)c2ccccc2-c2ccc(N(c3ccc(-n4c5ccccc5c5ccccc54)cc3)c3ccc4c5cc(-c6ccc(C7(c8ccc(N(C9=CCC(C%10=CCCC=C%10)C=C9)c9ccc(-c%10cccc%11c%10oc%10ccccc%10%11)cc9)cc8)c8ccccc8C8C=CC=CC87)cc6)ccc5c5ccccc5c4c3)cc21. The Balaban J connectivity index is 0.643. The quantitative estimate of drug-likeness (QED) is 0.114. The molecule has 2 aromatic heterocycles. The molecule has 0 fully saturated rings. The molecule has 0 saturated heterocycles. The highest BCUT2D eigenvalue weighted by molar-refractivity contribution is 6.26. The van der Waals surface area contributed by atoms with E-state index in [-0.39, 0.29) is 17.3 Å². The van der Waals surface area contributed by atoms with E-state index < -0.39 is 5.41 Å². The van der Waals surface area contributed by atoms with Gasteiger partial charge in [0.05, 0.1) is 16.4 Å². The molecule has 22 rings (SSSR count). The van der Waals surface area contributed by atoms with Crippen molar-refractivity contribution < 1.29 is 4.42 Å². The molecule has 522 valence electrons. The van der Waals surface area contributed by atoms with E-state index in [0.29, 0.717) is 5.92 Å². The number of hydrogen-bond acceptors (Lipinski definition) is 3. The van der Waals surface area contributed by atoms with E-state index in [1.54, 1.807) is 0 Å². The minimum absolute atomic E-state index is 0.143. The fourth-order valence-electron chi connectivity index (χ4n) is 19.9. The number of para-hydroxylation sites is 4. The fourth-order valence-corrected chi connectivity index (χ4v) is 19.9. The van der Waals surface area contributed by atoms with Gasteiger partial charge in [0.15, 0.2) is 0 Å². The first-order chi connectivity index (χ1) is 54.3. The summed E-state index contributed by atoms with van der Waals surface area (Å²) >= 11 is 0. The van der Waals surface area contributed by atoms with Crippen molar-refractivity contribution in [2.24, 2.45) is 11.8 Å². The Morgan fingerprint density at radius 3 is 1.68 bits per heavy atom. The summed E-state index contributed by atoms with van der Waals surface area (Å²) in [4.78, 5) is 4.93. The molecule has 15 aromatic carbocycles. The van der Waals surface area contributed by atoms with Crippen LogP contribution < -0.4 is 9.80 Å². The summed E-state index contributed by atoms with van der Waals surface area (Å²) in [5.41, 5.74) is 28.0. The third-order valence-electron chi connectivity index (χ3n) is 25.1. The summed E-state index contributed by atoms with van der Waals surface area (Å²) in [6.07, 6.45) is 26.9. The molecule has 0 amide bonds. The van der Waals surface area contributed by atoms with Crippen molar-refractivity contribution in [3.05, 3.63) is 421 Å². The van der Waals surface area contributed by atoms with Gasteiger partial charge in [0.1, 0.15) is 11.2 Å². The molecule has 0 bridgehead atoms. The first kappa shape index (κ1) is 63.9. The lowest BCUT2D eigenvalue weighted by Crippen LogP contribution is -2.35. The van der Waals surface area contributed by atoms with Crippen molar-refractivity contribution >= 4 is 104 Å². The molecule has 5 aliphatic rings. The van der Waals surface area contributed by atoms with Crippen molar-refractivity contribution in [1.82, 2.24) is 4.57 Å². The van der Waals surface area contributed by atoms with Crippen LogP contribution in [-0.4, -0.2) is 4.57 Å². The van der Waals surface area contributed by atoms with Crippen LogP contribution in [0.1, 0.15) is 72.4 Å². The maximum atomic E-state index is 6.57. The molecule has 0 radical (unpaired) electrons. The fraction of sp³-hybridized carbons (Fsp3) is 0.0943. The Bertz CT molecular complexity index is 6800.